The zero-order valence-electron chi connectivity index (χ0n) is 12.0. The van der Waals surface area contributed by atoms with E-state index in [0.717, 1.165) is 0 Å². The maximum absolute atomic E-state index is 12.3. The summed E-state index contributed by atoms with van der Waals surface area (Å²) < 4.78 is 25.2. The van der Waals surface area contributed by atoms with Gasteiger partial charge in [0.05, 0.1) is 5.56 Å². The predicted molar refractivity (Wildman–Crippen MR) is 77.0 cm³/mol. The third kappa shape index (κ3) is 2.85. The summed E-state index contributed by atoms with van der Waals surface area (Å²) in [6.07, 6.45) is 0. The van der Waals surface area contributed by atoms with E-state index in [1.807, 2.05) is 0 Å². The van der Waals surface area contributed by atoms with Gasteiger partial charge in [0.25, 0.3) is 15.9 Å². The van der Waals surface area contributed by atoms with E-state index in [0.29, 0.717) is 4.31 Å². The van der Waals surface area contributed by atoms with Gasteiger partial charge in [-0.3, -0.25) is 9.59 Å². The van der Waals surface area contributed by atoms with Crippen LogP contribution in [-0.4, -0.2) is 36.6 Å². The predicted octanol–water partition coefficient (Wildman–Crippen LogP) is 0.328. The molecule has 2 amide bonds. The van der Waals surface area contributed by atoms with Crippen LogP contribution in [0.15, 0.2) is 23.1 Å². The van der Waals surface area contributed by atoms with Crippen LogP contribution in [0, 0.1) is 0 Å². The first-order valence-corrected chi connectivity index (χ1v) is 7.74. The number of anilines is 1. The summed E-state index contributed by atoms with van der Waals surface area (Å²) in [7, 11) is -4.03. The molecule has 0 fully saturated rings. The summed E-state index contributed by atoms with van der Waals surface area (Å²) in [6.45, 7) is 4.75. The van der Waals surface area contributed by atoms with Gasteiger partial charge in [-0.15, -0.1) is 0 Å². The number of sulfonamides is 1. The largest absolute Gasteiger partial charge is 0.399 e. The Kier molecular flexibility index (Phi) is 3.45. The first kappa shape index (κ1) is 15.3. The van der Waals surface area contributed by atoms with Crippen LogP contribution < -0.4 is 11.1 Å². The molecule has 1 aliphatic rings. The Hall–Kier alpha value is -2.09. The number of carbonyl (C=O) groups excluding carboxylic acids is 2. The van der Waals surface area contributed by atoms with Crippen molar-refractivity contribution in [2.24, 2.45) is 0 Å². The molecule has 1 heterocycles. The molecule has 0 bridgehead atoms. The van der Waals surface area contributed by atoms with Crippen LogP contribution in [0.4, 0.5) is 5.69 Å². The first-order valence-electron chi connectivity index (χ1n) is 6.30. The fourth-order valence-electron chi connectivity index (χ4n) is 2.04. The lowest BCUT2D eigenvalue weighted by Crippen LogP contribution is -2.47. The summed E-state index contributed by atoms with van der Waals surface area (Å²) in [6, 6.07) is 4.03. The van der Waals surface area contributed by atoms with Crippen molar-refractivity contribution < 1.29 is 18.0 Å². The molecule has 1 aromatic rings. The molecule has 2 rings (SSSR count). The number of carbonyl (C=O) groups is 2. The highest BCUT2D eigenvalue weighted by Gasteiger charge is 2.42. The highest BCUT2D eigenvalue weighted by molar-refractivity contribution is 7.90. The van der Waals surface area contributed by atoms with Crippen LogP contribution in [0.5, 0.6) is 0 Å². The Labute approximate surface area is 123 Å². The molecule has 7 nitrogen and oxygen atoms in total. The molecular formula is C13H17N3O4S. The summed E-state index contributed by atoms with van der Waals surface area (Å²) >= 11 is 0. The number of benzene rings is 1. The number of nitrogen functional groups attached to an aromatic ring is 1. The van der Waals surface area contributed by atoms with Gasteiger partial charge in [0.1, 0.15) is 11.4 Å². The van der Waals surface area contributed by atoms with E-state index < -0.39 is 33.9 Å². The maximum Gasteiger partial charge on any atom is 0.269 e. The van der Waals surface area contributed by atoms with E-state index in [1.165, 1.54) is 18.2 Å². The average molecular weight is 311 g/mol. The van der Waals surface area contributed by atoms with E-state index in [1.54, 1.807) is 20.8 Å². The van der Waals surface area contributed by atoms with Gasteiger partial charge in [-0.05, 0) is 39.0 Å². The Morgan fingerprint density at radius 2 is 1.95 bits per heavy atom. The third-order valence-electron chi connectivity index (χ3n) is 2.83. The highest BCUT2D eigenvalue weighted by atomic mass is 32.2. The summed E-state index contributed by atoms with van der Waals surface area (Å²) in [5.74, 6) is -1.26. The van der Waals surface area contributed by atoms with Crippen molar-refractivity contribution in [2.45, 2.75) is 31.2 Å². The average Bonchev–Trinajstić information content (AvgIpc) is 2.48. The normalized spacial score (nSPS) is 16.7. The molecule has 0 radical (unpaired) electrons. The smallest absolute Gasteiger partial charge is 0.269 e. The third-order valence-corrected chi connectivity index (χ3v) is 4.60. The van der Waals surface area contributed by atoms with Gasteiger partial charge in [-0.25, -0.2) is 12.7 Å². The number of hydrogen-bond acceptors (Lipinski definition) is 5. The van der Waals surface area contributed by atoms with Crippen LogP contribution in [0.2, 0.25) is 0 Å². The molecule has 0 saturated heterocycles. The Balaban J connectivity index is 2.32. The summed E-state index contributed by atoms with van der Waals surface area (Å²) in [5, 5.41) is 2.62. The minimum Gasteiger partial charge on any atom is -0.399 e. The van der Waals surface area contributed by atoms with Gasteiger partial charge in [0, 0.05) is 11.2 Å². The van der Waals surface area contributed by atoms with Crippen molar-refractivity contribution in [2.75, 3.05) is 12.3 Å². The highest BCUT2D eigenvalue weighted by Crippen LogP contribution is 2.31. The minimum atomic E-state index is -4.03. The zero-order chi connectivity index (χ0) is 16.0. The number of nitrogens with one attached hydrogen (secondary N) is 1. The van der Waals surface area contributed by atoms with Crippen molar-refractivity contribution in [3.05, 3.63) is 23.8 Å². The topological polar surface area (TPSA) is 110 Å². The standard InChI is InChI=1S/C13H17N3O4S/c1-13(2,3)15-11(17)7-16-12(18)9-5-4-8(14)6-10(9)21(16,19)20/h4-6H,7,14H2,1-3H3,(H,15,17). The molecule has 1 aliphatic heterocycles. The molecule has 0 atom stereocenters. The van der Waals surface area contributed by atoms with Crippen molar-refractivity contribution in [3.63, 3.8) is 0 Å². The molecule has 3 N–H and O–H groups in total. The summed E-state index contributed by atoms with van der Waals surface area (Å²) in [4.78, 5) is 23.9. The van der Waals surface area contributed by atoms with Gasteiger partial charge < -0.3 is 11.1 Å². The lowest BCUT2D eigenvalue weighted by Gasteiger charge is -2.22. The van der Waals surface area contributed by atoms with Crippen LogP contribution >= 0.6 is 0 Å². The van der Waals surface area contributed by atoms with E-state index in [2.05, 4.69) is 5.32 Å². The SMILES string of the molecule is CC(C)(C)NC(=O)CN1C(=O)c2ccc(N)cc2S1(=O)=O. The minimum absolute atomic E-state index is 0.0350. The van der Waals surface area contributed by atoms with E-state index in [9.17, 15) is 18.0 Å². The van der Waals surface area contributed by atoms with Gasteiger partial charge in [-0.1, -0.05) is 0 Å². The summed E-state index contributed by atoms with van der Waals surface area (Å²) in [5.41, 5.74) is 5.32. The van der Waals surface area contributed by atoms with Crippen molar-refractivity contribution in [1.82, 2.24) is 9.62 Å². The van der Waals surface area contributed by atoms with Gasteiger partial charge in [0.2, 0.25) is 5.91 Å². The van der Waals surface area contributed by atoms with Gasteiger partial charge >= 0.3 is 0 Å². The van der Waals surface area contributed by atoms with Crippen LogP contribution in [0.3, 0.4) is 0 Å². The quantitative estimate of drug-likeness (QED) is 0.765. The number of amides is 2. The molecule has 1 aromatic carbocycles. The maximum atomic E-state index is 12.3. The number of fused-ring (bicyclic) bond motifs is 1. The molecule has 0 saturated carbocycles. The second kappa shape index (κ2) is 4.73. The monoisotopic (exact) mass is 311 g/mol. The van der Waals surface area contributed by atoms with Crippen molar-refractivity contribution >= 4 is 27.5 Å². The van der Waals surface area contributed by atoms with E-state index in [4.69, 9.17) is 5.73 Å². The first-order chi connectivity index (χ1) is 9.52. The van der Waals surface area contributed by atoms with Crippen LogP contribution in [0.25, 0.3) is 0 Å². The molecule has 0 spiro atoms. The second-order valence-corrected chi connectivity index (χ2v) is 7.70. The fourth-order valence-corrected chi connectivity index (χ4v) is 3.60. The molecule has 0 unspecified atom stereocenters. The fraction of sp³-hybridized carbons (Fsp3) is 0.385. The van der Waals surface area contributed by atoms with E-state index >= 15 is 0 Å². The Morgan fingerprint density at radius 1 is 1.33 bits per heavy atom. The molecule has 114 valence electrons. The molecular weight excluding hydrogens is 294 g/mol. The Morgan fingerprint density at radius 3 is 2.52 bits per heavy atom. The Bertz CT molecular complexity index is 719. The van der Waals surface area contributed by atoms with Crippen molar-refractivity contribution in [1.29, 1.82) is 0 Å². The second-order valence-electron chi connectivity index (χ2n) is 5.87. The molecule has 21 heavy (non-hydrogen) atoms. The number of nitrogens with zero attached hydrogens (tertiary/aromatic N) is 1. The van der Waals surface area contributed by atoms with Crippen LogP contribution in [-0.2, 0) is 14.8 Å². The molecule has 0 aromatic heterocycles. The lowest BCUT2D eigenvalue weighted by molar-refractivity contribution is -0.122. The number of nitrogens with two attached hydrogens (primary N) is 1. The molecule has 0 aliphatic carbocycles. The number of rotatable bonds is 2. The van der Waals surface area contributed by atoms with Crippen molar-refractivity contribution in [3.8, 4) is 0 Å². The van der Waals surface area contributed by atoms with E-state index in [-0.39, 0.29) is 16.1 Å². The molecule has 8 heteroatoms. The lowest BCUT2D eigenvalue weighted by atomic mass is 10.1. The van der Waals surface area contributed by atoms with Crippen LogP contribution in [0.1, 0.15) is 31.1 Å². The number of hydrogen-bond donors (Lipinski definition) is 2. The van der Waals surface area contributed by atoms with Gasteiger partial charge in [-0.2, -0.15) is 0 Å². The van der Waals surface area contributed by atoms with Gasteiger partial charge in [0.15, 0.2) is 0 Å². The zero-order valence-corrected chi connectivity index (χ0v) is 12.8.